The topological polar surface area (TPSA) is 79.8 Å². The molecule has 7 nitrogen and oxygen atoms in total. The molecule has 0 radical (unpaired) electrons. The molecule has 1 fully saturated rings. The number of morpholine rings is 1. The summed E-state index contributed by atoms with van der Waals surface area (Å²) in [6.07, 6.45) is 1.53. The zero-order valence-corrected chi connectivity index (χ0v) is 14.6. The van der Waals surface area contributed by atoms with Crippen molar-refractivity contribution in [3.63, 3.8) is 0 Å². The Morgan fingerprint density at radius 3 is 3.00 bits per heavy atom. The van der Waals surface area contributed by atoms with E-state index in [1.54, 1.807) is 11.3 Å². The first-order valence-corrected chi connectivity index (χ1v) is 9.18. The third-order valence-corrected chi connectivity index (χ3v) is 5.01. The van der Waals surface area contributed by atoms with Crippen LogP contribution in [-0.2, 0) is 17.6 Å². The van der Waals surface area contributed by atoms with Crippen LogP contribution in [0.4, 0.5) is 5.82 Å². The van der Waals surface area contributed by atoms with E-state index in [4.69, 9.17) is 9.72 Å². The number of nitrogens with one attached hydrogen (secondary N) is 1. The standard InChI is InChI=1S/C16H20N6OS/c1-3-12-18-15(10-5-8-24-16(10)19-12)22-6-7-23-11(9-22)14-17-13(4-2)20-21-14/h5,8,11H,3-4,6-7,9H2,1-2H3,(H,17,20,21). The summed E-state index contributed by atoms with van der Waals surface area (Å²) in [7, 11) is 0. The molecule has 0 aliphatic carbocycles. The lowest BCUT2D eigenvalue weighted by Crippen LogP contribution is -2.39. The maximum atomic E-state index is 5.90. The van der Waals surface area contributed by atoms with Gasteiger partial charge >= 0.3 is 0 Å². The third-order valence-electron chi connectivity index (χ3n) is 4.21. The van der Waals surface area contributed by atoms with Crippen molar-refractivity contribution in [2.45, 2.75) is 32.8 Å². The molecule has 3 aromatic heterocycles. The first-order valence-electron chi connectivity index (χ1n) is 8.30. The molecule has 0 spiro atoms. The Morgan fingerprint density at radius 2 is 2.21 bits per heavy atom. The van der Waals surface area contributed by atoms with Crippen molar-refractivity contribution in [1.29, 1.82) is 0 Å². The Bertz CT molecular complexity index is 844. The minimum atomic E-state index is -0.135. The van der Waals surface area contributed by atoms with Gasteiger partial charge in [-0.1, -0.05) is 13.8 Å². The van der Waals surface area contributed by atoms with Crippen LogP contribution in [0.1, 0.15) is 37.4 Å². The molecular formula is C16H20N6OS. The van der Waals surface area contributed by atoms with Gasteiger partial charge in [-0.05, 0) is 11.4 Å². The molecule has 8 heteroatoms. The van der Waals surface area contributed by atoms with Crippen LogP contribution in [0.25, 0.3) is 10.2 Å². The third kappa shape index (κ3) is 2.76. The predicted octanol–water partition coefficient (Wildman–Crippen LogP) is 2.51. The van der Waals surface area contributed by atoms with E-state index < -0.39 is 0 Å². The number of hydrogen-bond donors (Lipinski definition) is 1. The van der Waals surface area contributed by atoms with Gasteiger partial charge < -0.3 is 9.64 Å². The average Bonchev–Trinajstić information content (AvgIpc) is 3.29. The second-order valence-corrected chi connectivity index (χ2v) is 6.65. The summed E-state index contributed by atoms with van der Waals surface area (Å²) in [5.74, 6) is 3.50. The zero-order chi connectivity index (χ0) is 16.5. The summed E-state index contributed by atoms with van der Waals surface area (Å²) in [5.41, 5.74) is 0. The van der Waals surface area contributed by atoms with E-state index in [2.05, 4.69) is 50.4 Å². The van der Waals surface area contributed by atoms with Crippen LogP contribution in [0, 0.1) is 0 Å². The first kappa shape index (κ1) is 15.5. The predicted molar refractivity (Wildman–Crippen MR) is 93.5 cm³/mol. The smallest absolute Gasteiger partial charge is 0.181 e. The molecule has 0 aromatic carbocycles. The Balaban J connectivity index is 1.65. The number of anilines is 1. The van der Waals surface area contributed by atoms with Crippen LogP contribution in [0.15, 0.2) is 11.4 Å². The van der Waals surface area contributed by atoms with Crippen molar-refractivity contribution >= 4 is 27.4 Å². The molecule has 24 heavy (non-hydrogen) atoms. The number of ether oxygens (including phenoxy) is 1. The molecule has 4 rings (SSSR count). The maximum Gasteiger partial charge on any atom is 0.181 e. The molecule has 1 saturated heterocycles. The van der Waals surface area contributed by atoms with Crippen molar-refractivity contribution < 1.29 is 4.74 Å². The van der Waals surface area contributed by atoms with Crippen molar-refractivity contribution in [3.05, 3.63) is 28.9 Å². The number of H-pyrrole nitrogens is 1. The fraction of sp³-hybridized carbons (Fsp3) is 0.500. The number of fused-ring (bicyclic) bond motifs is 1. The number of aromatic nitrogens is 5. The molecule has 126 valence electrons. The molecular weight excluding hydrogens is 324 g/mol. The van der Waals surface area contributed by atoms with Gasteiger partial charge in [-0.3, -0.25) is 5.10 Å². The van der Waals surface area contributed by atoms with Gasteiger partial charge in [-0.25, -0.2) is 15.0 Å². The number of hydrogen-bond acceptors (Lipinski definition) is 7. The van der Waals surface area contributed by atoms with E-state index in [1.165, 1.54) is 0 Å². The summed E-state index contributed by atoms with van der Waals surface area (Å²) in [5, 5.41) is 10.5. The van der Waals surface area contributed by atoms with E-state index in [0.717, 1.165) is 52.9 Å². The van der Waals surface area contributed by atoms with Crippen molar-refractivity contribution in [2.75, 3.05) is 24.6 Å². The Hall–Kier alpha value is -2.06. The van der Waals surface area contributed by atoms with Gasteiger partial charge in [0.15, 0.2) is 5.82 Å². The highest BCUT2D eigenvalue weighted by Crippen LogP contribution is 2.31. The maximum absolute atomic E-state index is 5.90. The van der Waals surface area contributed by atoms with Crippen LogP contribution in [0.2, 0.25) is 0 Å². The number of nitrogens with zero attached hydrogens (tertiary/aromatic N) is 5. The lowest BCUT2D eigenvalue weighted by molar-refractivity contribution is 0.0340. The van der Waals surface area contributed by atoms with Gasteiger partial charge in [0.25, 0.3) is 0 Å². The lowest BCUT2D eigenvalue weighted by atomic mass is 10.2. The summed E-state index contributed by atoms with van der Waals surface area (Å²) < 4.78 is 5.90. The highest BCUT2D eigenvalue weighted by atomic mass is 32.1. The van der Waals surface area contributed by atoms with Gasteiger partial charge in [0.2, 0.25) is 0 Å². The normalized spacial score (nSPS) is 18.4. The minimum Gasteiger partial charge on any atom is -0.366 e. The van der Waals surface area contributed by atoms with E-state index in [9.17, 15) is 0 Å². The zero-order valence-electron chi connectivity index (χ0n) is 13.8. The number of aromatic amines is 1. The largest absolute Gasteiger partial charge is 0.366 e. The first-order chi connectivity index (χ1) is 11.8. The fourth-order valence-electron chi connectivity index (χ4n) is 2.89. The monoisotopic (exact) mass is 344 g/mol. The highest BCUT2D eigenvalue weighted by Gasteiger charge is 2.27. The fourth-order valence-corrected chi connectivity index (χ4v) is 3.67. The van der Waals surface area contributed by atoms with Crippen molar-refractivity contribution in [1.82, 2.24) is 25.1 Å². The van der Waals surface area contributed by atoms with Crippen molar-refractivity contribution in [3.8, 4) is 0 Å². The molecule has 3 aromatic rings. The van der Waals surface area contributed by atoms with E-state index in [0.29, 0.717) is 13.2 Å². The Labute approximate surface area is 144 Å². The minimum absolute atomic E-state index is 0.135. The highest BCUT2D eigenvalue weighted by molar-refractivity contribution is 7.16. The number of aryl methyl sites for hydroxylation is 2. The summed E-state index contributed by atoms with van der Waals surface area (Å²) >= 11 is 1.66. The van der Waals surface area contributed by atoms with E-state index in [1.807, 2.05) is 0 Å². The van der Waals surface area contributed by atoms with Gasteiger partial charge in [0.1, 0.15) is 28.4 Å². The summed E-state index contributed by atoms with van der Waals surface area (Å²) in [6, 6.07) is 2.10. The van der Waals surface area contributed by atoms with Crippen LogP contribution < -0.4 is 4.90 Å². The molecule has 1 N–H and O–H groups in total. The quantitative estimate of drug-likeness (QED) is 0.783. The molecule has 1 aliphatic rings. The molecule has 1 atom stereocenters. The van der Waals surface area contributed by atoms with Crippen LogP contribution in [0.5, 0.6) is 0 Å². The number of rotatable bonds is 4. The molecule has 1 unspecified atom stereocenters. The second kappa shape index (κ2) is 6.45. The molecule has 0 amide bonds. The van der Waals surface area contributed by atoms with Gasteiger partial charge in [-0.2, -0.15) is 5.10 Å². The van der Waals surface area contributed by atoms with Crippen LogP contribution >= 0.6 is 11.3 Å². The van der Waals surface area contributed by atoms with Gasteiger partial charge in [0, 0.05) is 19.4 Å². The molecule has 4 heterocycles. The van der Waals surface area contributed by atoms with E-state index >= 15 is 0 Å². The molecule has 0 bridgehead atoms. The molecule has 1 aliphatic heterocycles. The average molecular weight is 344 g/mol. The number of thiophene rings is 1. The van der Waals surface area contributed by atoms with Gasteiger partial charge in [0.05, 0.1) is 18.5 Å². The molecule has 0 saturated carbocycles. The summed E-state index contributed by atoms with van der Waals surface area (Å²) in [4.78, 5) is 17.2. The Morgan fingerprint density at radius 1 is 1.29 bits per heavy atom. The van der Waals surface area contributed by atoms with E-state index in [-0.39, 0.29) is 6.10 Å². The van der Waals surface area contributed by atoms with Gasteiger partial charge in [-0.15, -0.1) is 11.3 Å². The Kier molecular flexibility index (Phi) is 4.15. The van der Waals surface area contributed by atoms with Crippen LogP contribution in [0.3, 0.4) is 0 Å². The summed E-state index contributed by atoms with van der Waals surface area (Å²) in [6.45, 7) is 6.29. The SMILES string of the molecule is CCc1nc(N2CCOC(c3n[nH]c(CC)n3)C2)c2ccsc2n1. The lowest BCUT2D eigenvalue weighted by Gasteiger charge is -2.33. The van der Waals surface area contributed by atoms with Crippen molar-refractivity contribution in [2.24, 2.45) is 0 Å². The van der Waals surface area contributed by atoms with Crippen LogP contribution in [-0.4, -0.2) is 44.8 Å². The second-order valence-electron chi connectivity index (χ2n) is 5.76.